The fourth-order valence-electron chi connectivity index (χ4n) is 2.14. The van der Waals surface area contributed by atoms with Gasteiger partial charge in [-0.05, 0) is 49.6 Å². The third-order valence-corrected chi connectivity index (χ3v) is 3.76. The number of hydrogen-bond acceptors (Lipinski definition) is 4. The predicted octanol–water partition coefficient (Wildman–Crippen LogP) is 2.99. The topological polar surface area (TPSA) is 81.4 Å². The summed E-state index contributed by atoms with van der Waals surface area (Å²) in [7, 11) is 0. The summed E-state index contributed by atoms with van der Waals surface area (Å²) in [5.41, 5.74) is 10.0. The number of hydrogen-bond donors (Lipinski definition) is 2. The number of aryl methyl sites for hydroxylation is 2. The van der Waals surface area contributed by atoms with E-state index in [-0.39, 0.29) is 12.2 Å². The van der Waals surface area contributed by atoms with E-state index in [1.807, 2.05) is 26.0 Å². The molecule has 23 heavy (non-hydrogen) atoms. The molecule has 3 N–H and O–H groups in total. The van der Waals surface area contributed by atoms with Crippen LogP contribution in [0.3, 0.4) is 0 Å². The van der Waals surface area contributed by atoms with Crippen molar-refractivity contribution in [3.63, 3.8) is 0 Å². The van der Waals surface area contributed by atoms with E-state index in [1.54, 1.807) is 31.2 Å². The molecule has 2 aromatic rings. The van der Waals surface area contributed by atoms with Crippen molar-refractivity contribution >= 4 is 23.3 Å². The molecule has 0 aliphatic rings. The lowest BCUT2D eigenvalue weighted by Gasteiger charge is -2.11. The van der Waals surface area contributed by atoms with Crippen LogP contribution in [-0.4, -0.2) is 18.5 Å². The maximum absolute atomic E-state index is 12.0. The van der Waals surface area contributed by atoms with Gasteiger partial charge in [-0.15, -0.1) is 0 Å². The van der Waals surface area contributed by atoms with Crippen LogP contribution in [-0.2, 0) is 9.53 Å². The summed E-state index contributed by atoms with van der Waals surface area (Å²) in [6.45, 7) is 5.33. The molecule has 0 heterocycles. The lowest BCUT2D eigenvalue weighted by Crippen LogP contribution is -2.22. The minimum Gasteiger partial charge on any atom is -0.452 e. The van der Waals surface area contributed by atoms with Crippen LogP contribution in [0.5, 0.6) is 0 Å². The van der Waals surface area contributed by atoms with Crippen LogP contribution in [0.25, 0.3) is 0 Å². The largest absolute Gasteiger partial charge is 0.452 e. The number of nitrogen functional groups attached to an aromatic ring is 1. The molecule has 0 bridgehead atoms. The van der Waals surface area contributed by atoms with Gasteiger partial charge in [0, 0.05) is 11.4 Å². The predicted molar refractivity (Wildman–Crippen MR) is 90.4 cm³/mol. The average molecular weight is 312 g/mol. The van der Waals surface area contributed by atoms with Gasteiger partial charge >= 0.3 is 5.97 Å². The normalized spacial score (nSPS) is 10.2. The van der Waals surface area contributed by atoms with Gasteiger partial charge in [-0.2, -0.15) is 0 Å². The van der Waals surface area contributed by atoms with Gasteiger partial charge in [0.05, 0.1) is 5.56 Å². The minimum absolute atomic E-state index is 0.268. The van der Waals surface area contributed by atoms with Crippen molar-refractivity contribution in [2.75, 3.05) is 17.7 Å². The third-order valence-electron chi connectivity index (χ3n) is 3.76. The van der Waals surface area contributed by atoms with Gasteiger partial charge in [0.2, 0.25) is 0 Å². The fraction of sp³-hybridized carbons (Fsp3) is 0.222. The van der Waals surface area contributed by atoms with E-state index in [1.165, 1.54) is 0 Å². The Balaban J connectivity index is 1.98. The zero-order valence-electron chi connectivity index (χ0n) is 13.5. The smallest absolute Gasteiger partial charge is 0.340 e. The van der Waals surface area contributed by atoms with E-state index in [9.17, 15) is 9.59 Å². The summed E-state index contributed by atoms with van der Waals surface area (Å²) in [6, 6.07) is 10.7. The van der Waals surface area contributed by atoms with Crippen LogP contribution >= 0.6 is 0 Å². The number of nitrogens with two attached hydrogens (primary N) is 1. The summed E-state index contributed by atoms with van der Waals surface area (Å²) < 4.78 is 5.04. The standard InChI is InChI=1S/C18H20N2O3/c1-11-6-5-9-15(13(11)3)20-16(21)10-23-18(22)14-8-4-7-12(2)17(14)19/h4-9H,10,19H2,1-3H3,(H,20,21). The summed E-state index contributed by atoms with van der Waals surface area (Å²) in [5.74, 6) is -0.999. The van der Waals surface area contributed by atoms with Crippen LogP contribution in [0, 0.1) is 20.8 Å². The molecule has 1 amide bonds. The Hall–Kier alpha value is -2.82. The van der Waals surface area contributed by atoms with Gasteiger partial charge in [0.25, 0.3) is 5.91 Å². The SMILES string of the molecule is Cc1cccc(NC(=O)COC(=O)c2cccc(C)c2N)c1C. The lowest BCUT2D eigenvalue weighted by atomic mass is 10.1. The second kappa shape index (κ2) is 6.96. The quantitative estimate of drug-likeness (QED) is 0.671. The Labute approximate surface area is 135 Å². The van der Waals surface area contributed by atoms with Gasteiger partial charge < -0.3 is 15.8 Å². The van der Waals surface area contributed by atoms with E-state index >= 15 is 0 Å². The number of esters is 1. The highest BCUT2D eigenvalue weighted by Crippen LogP contribution is 2.19. The highest BCUT2D eigenvalue weighted by Gasteiger charge is 2.14. The molecule has 0 fully saturated rings. The molecule has 0 aliphatic carbocycles. The fourth-order valence-corrected chi connectivity index (χ4v) is 2.14. The van der Waals surface area contributed by atoms with Crippen LogP contribution in [0.1, 0.15) is 27.0 Å². The number of para-hydroxylation sites is 1. The van der Waals surface area contributed by atoms with Crippen LogP contribution in [0.4, 0.5) is 11.4 Å². The van der Waals surface area contributed by atoms with Crippen molar-refractivity contribution < 1.29 is 14.3 Å². The molecular formula is C18H20N2O3. The Morgan fingerprint density at radius 1 is 1.04 bits per heavy atom. The first kappa shape index (κ1) is 16.5. The van der Waals surface area contributed by atoms with Crippen LogP contribution < -0.4 is 11.1 Å². The number of rotatable bonds is 4. The second-order valence-electron chi connectivity index (χ2n) is 5.41. The number of amides is 1. The number of carbonyl (C=O) groups excluding carboxylic acids is 2. The monoisotopic (exact) mass is 312 g/mol. The van der Waals surface area contributed by atoms with Crippen molar-refractivity contribution in [1.29, 1.82) is 0 Å². The Morgan fingerprint density at radius 3 is 2.43 bits per heavy atom. The van der Waals surface area contributed by atoms with E-state index < -0.39 is 11.9 Å². The molecule has 0 aliphatic heterocycles. The molecule has 2 aromatic carbocycles. The second-order valence-corrected chi connectivity index (χ2v) is 5.41. The summed E-state index contributed by atoms with van der Waals surface area (Å²) in [6.07, 6.45) is 0. The average Bonchev–Trinajstić information content (AvgIpc) is 2.52. The van der Waals surface area contributed by atoms with Crippen molar-refractivity contribution in [3.8, 4) is 0 Å². The van der Waals surface area contributed by atoms with Crippen LogP contribution in [0.15, 0.2) is 36.4 Å². The Kier molecular flexibility index (Phi) is 5.01. The number of ether oxygens (including phenoxy) is 1. The van der Waals surface area contributed by atoms with Gasteiger partial charge in [-0.1, -0.05) is 24.3 Å². The minimum atomic E-state index is -0.609. The molecule has 0 unspecified atom stereocenters. The Bertz CT molecular complexity index is 754. The van der Waals surface area contributed by atoms with E-state index in [0.717, 1.165) is 16.7 Å². The number of nitrogens with one attached hydrogen (secondary N) is 1. The molecule has 0 saturated heterocycles. The molecule has 0 saturated carbocycles. The zero-order valence-corrected chi connectivity index (χ0v) is 13.5. The molecular weight excluding hydrogens is 292 g/mol. The molecule has 120 valence electrons. The van der Waals surface area contributed by atoms with Gasteiger partial charge in [-0.25, -0.2) is 4.79 Å². The van der Waals surface area contributed by atoms with Gasteiger partial charge in [0.1, 0.15) is 0 Å². The Morgan fingerprint density at radius 2 is 1.70 bits per heavy atom. The van der Waals surface area contributed by atoms with Crippen molar-refractivity contribution in [2.24, 2.45) is 0 Å². The number of benzene rings is 2. The molecule has 5 nitrogen and oxygen atoms in total. The maximum atomic E-state index is 12.0. The van der Waals surface area contributed by atoms with Crippen molar-refractivity contribution in [3.05, 3.63) is 58.7 Å². The summed E-state index contributed by atoms with van der Waals surface area (Å²) >= 11 is 0. The van der Waals surface area contributed by atoms with Gasteiger partial charge in [-0.3, -0.25) is 4.79 Å². The number of carbonyl (C=O) groups is 2. The van der Waals surface area contributed by atoms with Gasteiger partial charge in [0.15, 0.2) is 6.61 Å². The lowest BCUT2D eigenvalue weighted by molar-refractivity contribution is -0.119. The molecule has 0 radical (unpaired) electrons. The molecule has 0 atom stereocenters. The van der Waals surface area contributed by atoms with E-state index in [0.29, 0.717) is 11.4 Å². The third kappa shape index (κ3) is 3.88. The van der Waals surface area contributed by atoms with Crippen molar-refractivity contribution in [2.45, 2.75) is 20.8 Å². The van der Waals surface area contributed by atoms with E-state index in [4.69, 9.17) is 10.5 Å². The molecule has 2 rings (SSSR count). The van der Waals surface area contributed by atoms with Crippen LogP contribution in [0.2, 0.25) is 0 Å². The summed E-state index contributed by atoms with van der Waals surface area (Å²) in [5, 5.41) is 2.74. The molecule has 5 heteroatoms. The van der Waals surface area contributed by atoms with Crippen molar-refractivity contribution in [1.82, 2.24) is 0 Å². The summed E-state index contributed by atoms with van der Waals surface area (Å²) in [4.78, 5) is 24.0. The first-order chi connectivity index (χ1) is 10.9. The first-order valence-corrected chi connectivity index (χ1v) is 7.28. The van der Waals surface area contributed by atoms with E-state index in [2.05, 4.69) is 5.32 Å². The molecule has 0 aromatic heterocycles. The highest BCUT2D eigenvalue weighted by atomic mass is 16.5. The molecule has 0 spiro atoms. The maximum Gasteiger partial charge on any atom is 0.340 e. The number of anilines is 2. The zero-order chi connectivity index (χ0) is 17.0. The first-order valence-electron chi connectivity index (χ1n) is 7.28. The highest BCUT2D eigenvalue weighted by molar-refractivity contribution is 5.98.